The van der Waals surface area contributed by atoms with Crippen molar-refractivity contribution < 1.29 is 0 Å². The van der Waals surface area contributed by atoms with E-state index in [9.17, 15) is 0 Å². The molecule has 0 bridgehead atoms. The fourth-order valence-corrected chi connectivity index (χ4v) is 0.820. The summed E-state index contributed by atoms with van der Waals surface area (Å²) < 4.78 is 0. The Morgan fingerprint density at radius 2 is 2.18 bits per heavy atom. The van der Waals surface area contributed by atoms with E-state index in [0.29, 0.717) is 5.92 Å². The topological polar surface area (TPSA) is 37.8 Å². The first-order valence-corrected chi connectivity index (χ1v) is 3.74. The quantitative estimate of drug-likeness (QED) is 0.698. The van der Waals surface area contributed by atoms with E-state index in [0.717, 1.165) is 5.82 Å². The summed E-state index contributed by atoms with van der Waals surface area (Å²) in [7, 11) is 1.84. The van der Waals surface area contributed by atoms with Gasteiger partial charge in [-0.3, -0.25) is 0 Å². The maximum atomic E-state index is 3.88. The minimum atomic E-state index is 0.512. The summed E-state index contributed by atoms with van der Waals surface area (Å²) in [6.45, 7) is 4.27. The van der Waals surface area contributed by atoms with Crippen LogP contribution in [-0.4, -0.2) is 17.2 Å². The average molecular weight is 151 g/mol. The van der Waals surface area contributed by atoms with Crippen LogP contribution >= 0.6 is 0 Å². The maximum absolute atomic E-state index is 3.88. The normalized spacial score (nSPS) is 10.2. The van der Waals surface area contributed by atoms with E-state index in [1.807, 2.05) is 13.1 Å². The van der Waals surface area contributed by atoms with Crippen molar-refractivity contribution in [1.29, 1.82) is 0 Å². The fraction of sp³-hybridized carbons (Fsp3) is 0.500. The first kappa shape index (κ1) is 7.98. The van der Waals surface area contributed by atoms with Crippen LogP contribution in [0.4, 0.5) is 5.82 Å². The van der Waals surface area contributed by atoms with Gasteiger partial charge in [0, 0.05) is 7.05 Å². The van der Waals surface area contributed by atoms with Crippen molar-refractivity contribution >= 4 is 5.82 Å². The second kappa shape index (κ2) is 3.32. The third kappa shape index (κ3) is 1.90. The van der Waals surface area contributed by atoms with Gasteiger partial charge < -0.3 is 5.32 Å². The highest BCUT2D eigenvalue weighted by Crippen LogP contribution is 2.14. The second-order valence-electron chi connectivity index (χ2n) is 2.78. The lowest BCUT2D eigenvalue weighted by molar-refractivity contribution is 0.842. The van der Waals surface area contributed by atoms with Gasteiger partial charge >= 0.3 is 0 Å². The van der Waals surface area contributed by atoms with Gasteiger partial charge in [0.25, 0.3) is 0 Å². The van der Waals surface area contributed by atoms with E-state index in [1.54, 1.807) is 6.20 Å². The van der Waals surface area contributed by atoms with Gasteiger partial charge in [-0.2, -0.15) is 5.10 Å². The standard InChI is InChI=1S/C8H13N3/c1-6(2)7-4-8(9-3)11-10-5-7/h4-6H,1-3H3,(H,9,11). The first-order chi connectivity index (χ1) is 5.24. The van der Waals surface area contributed by atoms with Gasteiger partial charge in [-0.25, -0.2) is 0 Å². The Bertz CT molecular complexity index is 233. The molecule has 0 aliphatic carbocycles. The summed E-state index contributed by atoms with van der Waals surface area (Å²) in [6.07, 6.45) is 1.80. The van der Waals surface area contributed by atoms with Crippen molar-refractivity contribution in [3.05, 3.63) is 17.8 Å². The zero-order chi connectivity index (χ0) is 8.27. The second-order valence-corrected chi connectivity index (χ2v) is 2.78. The van der Waals surface area contributed by atoms with Crippen LogP contribution in [0.5, 0.6) is 0 Å². The van der Waals surface area contributed by atoms with Crippen molar-refractivity contribution in [1.82, 2.24) is 10.2 Å². The molecule has 0 aliphatic rings. The van der Waals surface area contributed by atoms with Crippen LogP contribution in [0.3, 0.4) is 0 Å². The van der Waals surface area contributed by atoms with Gasteiger partial charge in [0.15, 0.2) is 0 Å². The fourth-order valence-electron chi connectivity index (χ4n) is 0.820. The van der Waals surface area contributed by atoms with E-state index in [-0.39, 0.29) is 0 Å². The zero-order valence-corrected chi connectivity index (χ0v) is 7.13. The zero-order valence-electron chi connectivity index (χ0n) is 7.13. The molecule has 0 amide bonds. The number of aromatic nitrogens is 2. The molecule has 3 nitrogen and oxygen atoms in total. The van der Waals surface area contributed by atoms with E-state index >= 15 is 0 Å². The van der Waals surface area contributed by atoms with E-state index in [1.165, 1.54) is 5.56 Å². The van der Waals surface area contributed by atoms with Crippen molar-refractivity contribution in [3.63, 3.8) is 0 Å². The predicted molar refractivity (Wildman–Crippen MR) is 45.7 cm³/mol. The lowest BCUT2D eigenvalue weighted by Crippen LogP contribution is -1.97. The Morgan fingerprint density at radius 1 is 1.45 bits per heavy atom. The van der Waals surface area contributed by atoms with Gasteiger partial charge in [-0.15, -0.1) is 5.10 Å². The molecular formula is C8H13N3. The van der Waals surface area contributed by atoms with Crippen LogP contribution in [0, 0.1) is 0 Å². The van der Waals surface area contributed by atoms with Crippen molar-refractivity contribution in [2.45, 2.75) is 19.8 Å². The van der Waals surface area contributed by atoms with Gasteiger partial charge in [-0.05, 0) is 17.5 Å². The van der Waals surface area contributed by atoms with Crippen molar-refractivity contribution in [2.75, 3.05) is 12.4 Å². The smallest absolute Gasteiger partial charge is 0.148 e. The third-order valence-corrected chi connectivity index (χ3v) is 1.60. The van der Waals surface area contributed by atoms with Crippen LogP contribution < -0.4 is 5.32 Å². The number of hydrogen-bond acceptors (Lipinski definition) is 3. The molecule has 60 valence electrons. The SMILES string of the molecule is CNc1cc(C(C)C)cnn1. The van der Waals surface area contributed by atoms with Crippen LogP contribution in [0.1, 0.15) is 25.3 Å². The van der Waals surface area contributed by atoms with Gasteiger partial charge in [-0.1, -0.05) is 13.8 Å². The molecule has 0 aromatic carbocycles. The van der Waals surface area contributed by atoms with Crippen LogP contribution in [0.15, 0.2) is 12.3 Å². The summed E-state index contributed by atoms with van der Waals surface area (Å²) in [6, 6.07) is 2.01. The largest absolute Gasteiger partial charge is 0.372 e. The van der Waals surface area contributed by atoms with Crippen LogP contribution in [0.2, 0.25) is 0 Å². The summed E-state index contributed by atoms with van der Waals surface area (Å²) in [4.78, 5) is 0. The third-order valence-electron chi connectivity index (χ3n) is 1.60. The Kier molecular flexibility index (Phi) is 2.41. The molecule has 0 spiro atoms. The highest BCUT2D eigenvalue weighted by molar-refractivity contribution is 5.35. The number of anilines is 1. The summed E-state index contributed by atoms with van der Waals surface area (Å²) in [5.74, 6) is 1.34. The number of nitrogens with zero attached hydrogens (tertiary/aromatic N) is 2. The van der Waals surface area contributed by atoms with E-state index < -0.39 is 0 Å². The monoisotopic (exact) mass is 151 g/mol. The molecule has 11 heavy (non-hydrogen) atoms. The minimum absolute atomic E-state index is 0.512. The summed E-state index contributed by atoms with van der Waals surface area (Å²) in [5.41, 5.74) is 1.21. The summed E-state index contributed by atoms with van der Waals surface area (Å²) >= 11 is 0. The average Bonchev–Trinajstić information content (AvgIpc) is 2.05. The highest BCUT2D eigenvalue weighted by Gasteiger charge is 1.99. The molecule has 0 saturated carbocycles. The molecule has 1 aromatic heterocycles. The molecule has 0 radical (unpaired) electrons. The van der Waals surface area contributed by atoms with Gasteiger partial charge in [0.05, 0.1) is 6.20 Å². The van der Waals surface area contributed by atoms with Crippen LogP contribution in [-0.2, 0) is 0 Å². The Hall–Kier alpha value is -1.12. The van der Waals surface area contributed by atoms with Crippen molar-refractivity contribution in [2.24, 2.45) is 0 Å². The van der Waals surface area contributed by atoms with E-state index in [4.69, 9.17) is 0 Å². The number of rotatable bonds is 2. The summed E-state index contributed by atoms with van der Waals surface area (Å²) in [5, 5.41) is 10.7. The minimum Gasteiger partial charge on any atom is -0.372 e. The molecule has 1 N–H and O–H groups in total. The molecule has 1 heterocycles. The lowest BCUT2D eigenvalue weighted by atomic mass is 10.1. The molecular weight excluding hydrogens is 138 g/mol. The number of hydrogen-bond donors (Lipinski definition) is 1. The Morgan fingerprint density at radius 3 is 2.73 bits per heavy atom. The lowest BCUT2D eigenvalue weighted by Gasteiger charge is -2.04. The van der Waals surface area contributed by atoms with E-state index in [2.05, 4.69) is 29.4 Å². The molecule has 0 unspecified atom stereocenters. The Labute approximate surface area is 66.8 Å². The number of nitrogens with one attached hydrogen (secondary N) is 1. The first-order valence-electron chi connectivity index (χ1n) is 3.74. The molecule has 0 saturated heterocycles. The molecule has 0 aliphatic heterocycles. The molecule has 3 heteroatoms. The van der Waals surface area contributed by atoms with Crippen molar-refractivity contribution in [3.8, 4) is 0 Å². The molecule has 0 atom stereocenters. The van der Waals surface area contributed by atoms with Gasteiger partial charge in [0.1, 0.15) is 5.82 Å². The maximum Gasteiger partial charge on any atom is 0.148 e. The molecule has 0 fully saturated rings. The van der Waals surface area contributed by atoms with Gasteiger partial charge in [0.2, 0.25) is 0 Å². The molecule has 1 rings (SSSR count). The predicted octanol–water partition coefficient (Wildman–Crippen LogP) is 1.64. The Balaban J connectivity index is 2.91. The highest BCUT2D eigenvalue weighted by atomic mass is 15.2. The van der Waals surface area contributed by atoms with Crippen LogP contribution in [0.25, 0.3) is 0 Å². The molecule has 1 aromatic rings.